The van der Waals surface area contributed by atoms with E-state index < -0.39 is 5.54 Å². The van der Waals surface area contributed by atoms with Crippen molar-refractivity contribution in [2.24, 2.45) is 5.92 Å². The van der Waals surface area contributed by atoms with Crippen molar-refractivity contribution in [3.63, 3.8) is 0 Å². The Hall–Kier alpha value is -1.06. The molecule has 1 saturated heterocycles. The zero-order chi connectivity index (χ0) is 13.5. The third-order valence-corrected chi connectivity index (χ3v) is 4.58. The fraction of sp³-hybridized carbons (Fsp3) is 0.857. The summed E-state index contributed by atoms with van der Waals surface area (Å²) < 4.78 is 0. The third kappa shape index (κ3) is 2.02. The van der Waals surface area contributed by atoms with E-state index in [0.717, 1.165) is 0 Å². The van der Waals surface area contributed by atoms with E-state index in [4.69, 9.17) is 0 Å². The van der Waals surface area contributed by atoms with Crippen LogP contribution in [0.5, 0.6) is 0 Å². The van der Waals surface area contributed by atoms with Crippen molar-refractivity contribution >= 4 is 11.8 Å². The zero-order valence-electron chi connectivity index (χ0n) is 11.8. The van der Waals surface area contributed by atoms with Crippen LogP contribution >= 0.6 is 0 Å². The summed E-state index contributed by atoms with van der Waals surface area (Å²) in [6, 6.07) is -0.0906. The molecule has 2 aliphatic rings. The Morgan fingerprint density at radius 1 is 1.39 bits per heavy atom. The van der Waals surface area contributed by atoms with Crippen molar-refractivity contribution in [1.82, 2.24) is 10.2 Å². The minimum atomic E-state index is -0.716. The smallest absolute Gasteiger partial charge is 0.248 e. The first-order valence-electron chi connectivity index (χ1n) is 7.09. The van der Waals surface area contributed by atoms with Crippen molar-refractivity contribution in [3.05, 3.63) is 0 Å². The SMILES string of the molecule is CCC1C(=O)NC(C)(CC)C(=O)N1C(C)C1CC1. The molecule has 1 saturated carbocycles. The third-order valence-electron chi connectivity index (χ3n) is 4.58. The Balaban J connectivity index is 2.29. The van der Waals surface area contributed by atoms with Crippen LogP contribution in [0.25, 0.3) is 0 Å². The maximum atomic E-state index is 12.7. The fourth-order valence-electron chi connectivity index (χ4n) is 2.86. The van der Waals surface area contributed by atoms with E-state index in [1.54, 1.807) is 0 Å². The van der Waals surface area contributed by atoms with Gasteiger partial charge in [0.05, 0.1) is 0 Å². The van der Waals surface area contributed by atoms with Crippen LogP contribution in [-0.4, -0.2) is 34.3 Å². The monoisotopic (exact) mass is 252 g/mol. The molecule has 0 bridgehead atoms. The summed E-state index contributed by atoms with van der Waals surface area (Å²) in [5.74, 6) is 0.694. The van der Waals surface area contributed by atoms with Gasteiger partial charge in [-0.15, -0.1) is 0 Å². The average Bonchev–Trinajstić information content (AvgIpc) is 3.16. The summed E-state index contributed by atoms with van der Waals surface area (Å²) in [7, 11) is 0. The van der Waals surface area contributed by atoms with E-state index >= 15 is 0 Å². The van der Waals surface area contributed by atoms with Gasteiger partial charge in [0, 0.05) is 6.04 Å². The van der Waals surface area contributed by atoms with Crippen LogP contribution in [0, 0.1) is 5.92 Å². The quantitative estimate of drug-likeness (QED) is 0.827. The van der Waals surface area contributed by atoms with E-state index in [1.807, 2.05) is 25.7 Å². The Bertz CT molecular complexity index is 365. The zero-order valence-corrected chi connectivity index (χ0v) is 11.8. The molecule has 0 radical (unpaired) electrons. The molecule has 2 fully saturated rings. The highest BCUT2D eigenvalue weighted by Crippen LogP contribution is 2.38. The minimum Gasteiger partial charge on any atom is -0.340 e. The number of hydrogen-bond donors (Lipinski definition) is 1. The average molecular weight is 252 g/mol. The van der Waals surface area contributed by atoms with Gasteiger partial charge in [-0.25, -0.2) is 0 Å². The standard InChI is InChI=1S/C14H24N2O2/c1-5-11-12(17)15-14(4,6-2)13(18)16(11)9(3)10-7-8-10/h9-11H,5-8H2,1-4H3,(H,15,17). The van der Waals surface area contributed by atoms with Crippen molar-refractivity contribution in [1.29, 1.82) is 0 Å². The topological polar surface area (TPSA) is 49.4 Å². The van der Waals surface area contributed by atoms with Crippen molar-refractivity contribution < 1.29 is 9.59 Å². The van der Waals surface area contributed by atoms with E-state index in [2.05, 4.69) is 12.2 Å². The molecule has 4 nitrogen and oxygen atoms in total. The number of piperazine rings is 1. The lowest BCUT2D eigenvalue weighted by molar-refractivity contribution is -0.157. The van der Waals surface area contributed by atoms with Crippen LogP contribution in [0.3, 0.4) is 0 Å². The molecule has 2 rings (SSSR count). The maximum Gasteiger partial charge on any atom is 0.248 e. The Morgan fingerprint density at radius 3 is 2.44 bits per heavy atom. The van der Waals surface area contributed by atoms with Crippen LogP contribution < -0.4 is 5.32 Å². The first-order valence-corrected chi connectivity index (χ1v) is 7.09. The van der Waals surface area contributed by atoms with Crippen LogP contribution in [0.1, 0.15) is 53.4 Å². The molecule has 1 N–H and O–H groups in total. The van der Waals surface area contributed by atoms with Crippen LogP contribution in [0.15, 0.2) is 0 Å². The largest absolute Gasteiger partial charge is 0.340 e. The highest BCUT2D eigenvalue weighted by atomic mass is 16.2. The number of carbonyl (C=O) groups is 2. The van der Waals surface area contributed by atoms with Gasteiger partial charge in [-0.2, -0.15) is 0 Å². The molecule has 18 heavy (non-hydrogen) atoms. The molecule has 0 spiro atoms. The van der Waals surface area contributed by atoms with Crippen LogP contribution in [0.4, 0.5) is 0 Å². The molecular weight excluding hydrogens is 228 g/mol. The summed E-state index contributed by atoms with van der Waals surface area (Å²) in [6.07, 6.45) is 3.70. The van der Waals surface area contributed by atoms with E-state index in [1.165, 1.54) is 12.8 Å². The Labute approximate surface area is 109 Å². The molecule has 102 valence electrons. The molecule has 0 aromatic carbocycles. The molecule has 1 aliphatic heterocycles. The Kier molecular flexibility index (Phi) is 3.39. The van der Waals surface area contributed by atoms with Gasteiger partial charge in [-0.05, 0) is 45.4 Å². The molecule has 1 heterocycles. The first kappa shape index (κ1) is 13.4. The van der Waals surface area contributed by atoms with Gasteiger partial charge in [-0.3, -0.25) is 9.59 Å². The van der Waals surface area contributed by atoms with Gasteiger partial charge in [0.25, 0.3) is 0 Å². The summed E-state index contributed by atoms with van der Waals surface area (Å²) in [6.45, 7) is 7.85. The van der Waals surface area contributed by atoms with Gasteiger partial charge in [0.15, 0.2) is 0 Å². The molecule has 3 unspecified atom stereocenters. The van der Waals surface area contributed by atoms with Gasteiger partial charge in [-0.1, -0.05) is 13.8 Å². The summed E-state index contributed by atoms with van der Waals surface area (Å²) in [5, 5.41) is 2.91. The highest BCUT2D eigenvalue weighted by molar-refractivity contribution is 5.99. The van der Waals surface area contributed by atoms with Crippen molar-refractivity contribution in [2.75, 3.05) is 0 Å². The molecule has 2 amide bonds. The van der Waals surface area contributed by atoms with E-state index in [0.29, 0.717) is 18.8 Å². The summed E-state index contributed by atoms with van der Waals surface area (Å²) >= 11 is 0. The van der Waals surface area contributed by atoms with Crippen molar-refractivity contribution in [3.8, 4) is 0 Å². The predicted molar refractivity (Wildman–Crippen MR) is 69.9 cm³/mol. The second kappa shape index (κ2) is 4.56. The number of amides is 2. The van der Waals surface area contributed by atoms with E-state index in [-0.39, 0.29) is 23.9 Å². The highest BCUT2D eigenvalue weighted by Gasteiger charge is 2.50. The molecule has 0 aromatic heterocycles. The lowest BCUT2D eigenvalue weighted by atomic mass is 9.89. The number of nitrogens with one attached hydrogen (secondary N) is 1. The fourth-order valence-corrected chi connectivity index (χ4v) is 2.86. The van der Waals surface area contributed by atoms with Crippen LogP contribution in [0.2, 0.25) is 0 Å². The lowest BCUT2D eigenvalue weighted by Gasteiger charge is -2.46. The van der Waals surface area contributed by atoms with Gasteiger partial charge in [0.2, 0.25) is 11.8 Å². The van der Waals surface area contributed by atoms with Gasteiger partial charge >= 0.3 is 0 Å². The molecule has 1 aliphatic carbocycles. The summed E-state index contributed by atoms with van der Waals surface area (Å²) in [4.78, 5) is 26.7. The van der Waals surface area contributed by atoms with Gasteiger partial charge in [0.1, 0.15) is 11.6 Å². The second-order valence-electron chi connectivity index (χ2n) is 5.89. The van der Waals surface area contributed by atoms with Crippen molar-refractivity contribution in [2.45, 2.75) is 71.0 Å². The number of carbonyl (C=O) groups excluding carboxylic acids is 2. The van der Waals surface area contributed by atoms with E-state index in [9.17, 15) is 9.59 Å². The molecule has 3 atom stereocenters. The lowest BCUT2D eigenvalue weighted by Crippen LogP contribution is -2.70. The Morgan fingerprint density at radius 2 is 2.00 bits per heavy atom. The minimum absolute atomic E-state index is 0.00829. The molecule has 4 heteroatoms. The maximum absolute atomic E-state index is 12.7. The second-order valence-corrected chi connectivity index (χ2v) is 5.89. The first-order chi connectivity index (χ1) is 8.44. The predicted octanol–water partition coefficient (Wildman–Crippen LogP) is 1.69. The normalized spacial score (nSPS) is 34.4. The van der Waals surface area contributed by atoms with Gasteiger partial charge < -0.3 is 10.2 Å². The molecular formula is C14H24N2O2. The number of rotatable bonds is 4. The number of hydrogen-bond acceptors (Lipinski definition) is 2. The number of nitrogens with zero attached hydrogens (tertiary/aromatic N) is 1. The summed E-state index contributed by atoms with van der Waals surface area (Å²) in [5.41, 5.74) is -0.716. The molecule has 0 aromatic rings. The van der Waals surface area contributed by atoms with Crippen LogP contribution in [-0.2, 0) is 9.59 Å².